The Balaban J connectivity index is 1.60. The van der Waals surface area contributed by atoms with E-state index in [1.165, 1.54) is 24.5 Å². The first-order valence-corrected chi connectivity index (χ1v) is 13.6. The molecule has 2 aromatic carbocycles. The zero-order valence-electron chi connectivity index (χ0n) is 23.4. The van der Waals surface area contributed by atoms with Crippen LogP contribution in [0.25, 0.3) is 10.9 Å². The highest BCUT2D eigenvalue weighted by atomic mass is 35.5. The molecule has 0 spiro atoms. The molecule has 1 amide bonds. The van der Waals surface area contributed by atoms with Gasteiger partial charge in [0.2, 0.25) is 0 Å². The summed E-state index contributed by atoms with van der Waals surface area (Å²) in [5, 5.41) is 6.01. The first kappa shape index (κ1) is 30.4. The van der Waals surface area contributed by atoms with Crippen LogP contribution in [0.4, 0.5) is 25.5 Å². The van der Waals surface area contributed by atoms with Gasteiger partial charge in [-0.15, -0.1) is 0 Å². The van der Waals surface area contributed by atoms with E-state index in [9.17, 15) is 14.0 Å². The van der Waals surface area contributed by atoms with Gasteiger partial charge in [0.15, 0.2) is 17.3 Å². The molecule has 1 saturated carbocycles. The summed E-state index contributed by atoms with van der Waals surface area (Å²) in [6, 6.07) is 5.83. The number of fused-ring (bicyclic) bond motifs is 1. The summed E-state index contributed by atoms with van der Waals surface area (Å²) in [5.41, 5.74) is -0.971. The number of halogens is 3. The lowest BCUT2D eigenvalue weighted by molar-refractivity contribution is 0.0174. The second kappa shape index (κ2) is 11.7. The number of nitrogens with zero attached hydrogens (tertiary/aromatic N) is 2. The molecule has 0 saturated heterocycles. The molecule has 0 radical (unpaired) electrons. The van der Waals surface area contributed by atoms with Crippen LogP contribution >= 0.6 is 23.2 Å². The summed E-state index contributed by atoms with van der Waals surface area (Å²) in [5.74, 6) is -0.221. The van der Waals surface area contributed by atoms with Crippen molar-refractivity contribution in [3.8, 4) is 11.5 Å². The number of hydrogen-bond donors (Lipinski definition) is 2. The highest BCUT2D eigenvalue weighted by molar-refractivity contribution is 6.42. The summed E-state index contributed by atoms with van der Waals surface area (Å²) >= 11 is 11.9. The fraction of sp³-hybridized carbons (Fsp3) is 0.429. The number of carbonyl (C=O) groups excluding carboxylic acids is 2. The van der Waals surface area contributed by atoms with Crippen LogP contribution in [0.15, 0.2) is 30.6 Å². The maximum atomic E-state index is 14.8. The van der Waals surface area contributed by atoms with Crippen molar-refractivity contribution in [2.24, 2.45) is 0 Å². The molecular formula is C28H31Cl2FN4O6. The zero-order valence-corrected chi connectivity index (χ0v) is 24.9. The van der Waals surface area contributed by atoms with Gasteiger partial charge in [-0.3, -0.25) is 0 Å². The molecule has 1 fully saturated rings. The molecule has 4 rings (SSSR count). The van der Waals surface area contributed by atoms with Gasteiger partial charge in [0.1, 0.15) is 29.5 Å². The molecule has 1 aliphatic rings. The van der Waals surface area contributed by atoms with Crippen LogP contribution in [0, 0.1) is 5.82 Å². The Bertz CT molecular complexity index is 1470. The minimum absolute atomic E-state index is 0.0472. The summed E-state index contributed by atoms with van der Waals surface area (Å²) in [6.07, 6.45) is 0.522. The number of amides is 1. The standard InChI is InChI=1S/C28H31Cl2FN4O6/c1-27(2,3)40-25(36)34-14-9-15(10-14)38-20-11-16-19(12-21(20)39-26(37)41-28(4,5)6)32-13-33-24(16)35-18-8-7-17(29)22(30)23(18)31/h7-8,11-15H,9-10H2,1-6H3,(H,34,36)(H,32,33,35). The highest BCUT2D eigenvalue weighted by Crippen LogP contribution is 2.39. The Morgan fingerprint density at radius 2 is 1.66 bits per heavy atom. The summed E-state index contributed by atoms with van der Waals surface area (Å²) in [7, 11) is 0. The minimum atomic E-state index is -0.926. The molecule has 2 N–H and O–H groups in total. The van der Waals surface area contributed by atoms with Crippen molar-refractivity contribution in [2.45, 2.75) is 77.7 Å². The number of alkyl carbamates (subject to hydrolysis) is 1. The molecule has 13 heteroatoms. The van der Waals surface area contributed by atoms with Crippen molar-refractivity contribution in [1.82, 2.24) is 15.3 Å². The first-order chi connectivity index (χ1) is 19.1. The number of aromatic nitrogens is 2. The Morgan fingerprint density at radius 3 is 2.32 bits per heavy atom. The highest BCUT2D eigenvalue weighted by Gasteiger charge is 2.34. The molecule has 0 unspecified atom stereocenters. The fourth-order valence-electron chi connectivity index (χ4n) is 3.88. The van der Waals surface area contributed by atoms with Gasteiger partial charge in [0.05, 0.1) is 21.2 Å². The average Bonchev–Trinajstić information content (AvgIpc) is 2.81. The molecular weight excluding hydrogens is 578 g/mol. The van der Waals surface area contributed by atoms with Gasteiger partial charge in [-0.05, 0) is 59.7 Å². The molecule has 3 aromatic rings. The van der Waals surface area contributed by atoms with Crippen LogP contribution in [0.1, 0.15) is 54.4 Å². The maximum Gasteiger partial charge on any atom is 0.514 e. The van der Waals surface area contributed by atoms with Crippen molar-refractivity contribution < 1.29 is 32.9 Å². The lowest BCUT2D eigenvalue weighted by atomic mass is 9.89. The predicted octanol–water partition coefficient (Wildman–Crippen LogP) is 7.57. The number of benzene rings is 2. The van der Waals surface area contributed by atoms with Crippen molar-refractivity contribution in [1.29, 1.82) is 0 Å². The Hall–Kier alpha value is -3.57. The Kier molecular flexibility index (Phi) is 8.70. The molecule has 0 bridgehead atoms. The average molecular weight is 609 g/mol. The predicted molar refractivity (Wildman–Crippen MR) is 153 cm³/mol. The summed E-state index contributed by atoms with van der Waals surface area (Å²) in [4.78, 5) is 33.1. The van der Waals surface area contributed by atoms with Gasteiger partial charge in [-0.1, -0.05) is 23.2 Å². The molecule has 10 nitrogen and oxygen atoms in total. The number of anilines is 2. The van der Waals surface area contributed by atoms with Gasteiger partial charge in [-0.25, -0.2) is 23.9 Å². The van der Waals surface area contributed by atoms with E-state index in [1.54, 1.807) is 47.6 Å². The van der Waals surface area contributed by atoms with E-state index in [2.05, 4.69) is 20.6 Å². The third-order valence-corrected chi connectivity index (χ3v) is 6.46. The van der Waals surface area contributed by atoms with Crippen LogP contribution < -0.4 is 20.1 Å². The summed E-state index contributed by atoms with van der Waals surface area (Å²) < 4.78 is 37.0. The van der Waals surface area contributed by atoms with E-state index >= 15 is 0 Å². The van der Waals surface area contributed by atoms with Crippen molar-refractivity contribution in [3.05, 3.63) is 46.5 Å². The second-order valence-electron chi connectivity index (χ2n) is 11.5. The third kappa shape index (κ3) is 8.01. The molecule has 1 aliphatic carbocycles. The third-order valence-electron chi connectivity index (χ3n) is 5.68. The van der Waals surface area contributed by atoms with Gasteiger partial charge in [-0.2, -0.15) is 0 Å². The summed E-state index contributed by atoms with van der Waals surface area (Å²) in [6.45, 7) is 10.5. The fourth-order valence-corrected chi connectivity index (χ4v) is 4.19. The molecule has 1 heterocycles. The molecule has 220 valence electrons. The van der Waals surface area contributed by atoms with E-state index in [0.29, 0.717) is 23.7 Å². The zero-order chi connectivity index (χ0) is 30.1. The van der Waals surface area contributed by atoms with Gasteiger partial charge in [0, 0.05) is 30.3 Å². The lowest BCUT2D eigenvalue weighted by Crippen LogP contribution is -2.50. The topological polar surface area (TPSA) is 121 Å². The van der Waals surface area contributed by atoms with E-state index in [4.69, 9.17) is 42.1 Å². The molecule has 41 heavy (non-hydrogen) atoms. The minimum Gasteiger partial charge on any atom is -0.486 e. The van der Waals surface area contributed by atoms with Gasteiger partial charge >= 0.3 is 12.2 Å². The largest absolute Gasteiger partial charge is 0.514 e. The van der Waals surface area contributed by atoms with Crippen LogP contribution in [-0.2, 0) is 9.47 Å². The van der Waals surface area contributed by atoms with E-state index < -0.39 is 29.3 Å². The normalized spacial score (nSPS) is 16.9. The van der Waals surface area contributed by atoms with Gasteiger partial charge in [0.25, 0.3) is 0 Å². The van der Waals surface area contributed by atoms with E-state index in [1.807, 2.05) is 0 Å². The quantitative estimate of drug-likeness (QED) is 0.166. The lowest BCUT2D eigenvalue weighted by Gasteiger charge is -2.36. The SMILES string of the molecule is CC(C)(C)OC(=O)NC1CC(Oc2cc3c(Nc4ccc(Cl)c(Cl)c4F)ncnc3cc2OC(=O)OC(C)(C)C)C1. The number of rotatable bonds is 6. The van der Waals surface area contributed by atoms with Crippen LogP contribution in [0.5, 0.6) is 11.5 Å². The number of nitrogens with one attached hydrogen (secondary N) is 2. The van der Waals surface area contributed by atoms with Gasteiger partial charge < -0.3 is 29.6 Å². The Labute approximate surface area is 246 Å². The molecule has 0 aliphatic heterocycles. The van der Waals surface area contributed by atoms with E-state index in [0.717, 1.165) is 0 Å². The maximum absolute atomic E-state index is 14.8. The first-order valence-electron chi connectivity index (χ1n) is 12.8. The van der Waals surface area contributed by atoms with Crippen LogP contribution in [0.3, 0.4) is 0 Å². The Morgan fingerprint density at radius 1 is 0.976 bits per heavy atom. The number of hydrogen-bond acceptors (Lipinski definition) is 9. The second-order valence-corrected chi connectivity index (χ2v) is 12.3. The van der Waals surface area contributed by atoms with Crippen LogP contribution in [0.2, 0.25) is 10.0 Å². The number of carbonyl (C=O) groups is 2. The smallest absolute Gasteiger partial charge is 0.486 e. The molecule has 0 atom stereocenters. The molecule has 1 aromatic heterocycles. The van der Waals surface area contributed by atoms with Crippen molar-refractivity contribution >= 4 is 57.9 Å². The number of ether oxygens (including phenoxy) is 4. The van der Waals surface area contributed by atoms with E-state index in [-0.39, 0.29) is 45.2 Å². The van der Waals surface area contributed by atoms with Crippen molar-refractivity contribution in [3.63, 3.8) is 0 Å². The van der Waals surface area contributed by atoms with Crippen molar-refractivity contribution in [2.75, 3.05) is 5.32 Å². The van der Waals surface area contributed by atoms with Crippen LogP contribution in [-0.4, -0.2) is 45.6 Å². The monoisotopic (exact) mass is 608 g/mol.